The first kappa shape index (κ1) is 18.8. The van der Waals surface area contributed by atoms with Crippen LogP contribution in [0.4, 0.5) is 5.69 Å². The number of amides is 1. The van der Waals surface area contributed by atoms with E-state index in [1.807, 2.05) is 11.6 Å². The lowest BCUT2D eigenvalue weighted by molar-refractivity contribution is -0.116. The standard InChI is InChI=1S/C18H23Cl2N3O/c1-11(2)10-23-13(4)15(12(3)22-23)6-8-18(24)21-17-7-5-14(19)9-16(17)20/h5,7,9,11H,6,8,10H2,1-4H3,(H,21,24). The van der Waals surface area contributed by atoms with Crippen LogP contribution in [0.15, 0.2) is 18.2 Å². The summed E-state index contributed by atoms with van der Waals surface area (Å²) in [7, 11) is 0. The third-order valence-electron chi connectivity index (χ3n) is 3.88. The summed E-state index contributed by atoms with van der Waals surface area (Å²) in [6.07, 6.45) is 1.04. The monoisotopic (exact) mass is 367 g/mol. The Kier molecular flexibility index (Phi) is 6.30. The minimum atomic E-state index is -0.0744. The molecule has 0 aliphatic carbocycles. The van der Waals surface area contributed by atoms with Crippen molar-refractivity contribution in [3.63, 3.8) is 0 Å². The summed E-state index contributed by atoms with van der Waals surface area (Å²) in [6, 6.07) is 5.02. The van der Waals surface area contributed by atoms with Crippen molar-refractivity contribution < 1.29 is 4.79 Å². The molecule has 1 aromatic heterocycles. The Bertz CT molecular complexity index is 738. The molecule has 0 fully saturated rings. The van der Waals surface area contributed by atoms with Gasteiger partial charge in [-0.3, -0.25) is 9.48 Å². The topological polar surface area (TPSA) is 46.9 Å². The minimum absolute atomic E-state index is 0.0744. The summed E-state index contributed by atoms with van der Waals surface area (Å²) in [6.45, 7) is 9.27. The highest BCUT2D eigenvalue weighted by molar-refractivity contribution is 6.36. The van der Waals surface area contributed by atoms with Crippen LogP contribution in [0, 0.1) is 19.8 Å². The summed E-state index contributed by atoms with van der Waals surface area (Å²) in [5, 5.41) is 8.40. The predicted octanol–water partition coefficient (Wildman–Crippen LogP) is 5.03. The van der Waals surface area contributed by atoms with Gasteiger partial charge in [-0.2, -0.15) is 5.10 Å². The van der Waals surface area contributed by atoms with Crippen LogP contribution >= 0.6 is 23.2 Å². The van der Waals surface area contributed by atoms with Gasteiger partial charge in [0, 0.05) is 23.7 Å². The van der Waals surface area contributed by atoms with Crippen molar-refractivity contribution in [2.24, 2.45) is 5.92 Å². The molecule has 4 nitrogen and oxygen atoms in total. The molecular formula is C18H23Cl2N3O. The number of carbonyl (C=O) groups is 1. The number of rotatable bonds is 6. The van der Waals surface area contributed by atoms with Crippen molar-refractivity contribution in [2.75, 3.05) is 5.32 Å². The maximum Gasteiger partial charge on any atom is 0.224 e. The quantitative estimate of drug-likeness (QED) is 0.777. The molecule has 1 aromatic carbocycles. The molecule has 1 heterocycles. The summed E-state index contributed by atoms with van der Waals surface area (Å²) in [5.41, 5.74) is 3.85. The second-order valence-corrected chi connectivity index (χ2v) is 7.24. The summed E-state index contributed by atoms with van der Waals surface area (Å²) < 4.78 is 2.03. The van der Waals surface area contributed by atoms with Crippen LogP contribution < -0.4 is 5.32 Å². The highest BCUT2D eigenvalue weighted by atomic mass is 35.5. The Morgan fingerprint density at radius 2 is 2.00 bits per heavy atom. The number of aryl methyl sites for hydroxylation is 1. The van der Waals surface area contributed by atoms with Gasteiger partial charge >= 0.3 is 0 Å². The molecule has 1 amide bonds. The molecular weight excluding hydrogens is 345 g/mol. The molecule has 130 valence electrons. The fourth-order valence-corrected chi connectivity index (χ4v) is 3.12. The van der Waals surface area contributed by atoms with E-state index in [1.165, 1.54) is 0 Å². The Hall–Kier alpha value is -1.52. The van der Waals surface area contributed by atoms with E-state index >= 15 is 0 Å². The van der Waals surface area contributed by atoms with Crippen LogP contribution in [0.1, 0.15) is 37.2 Å². The van der Waals surface area contributed by atoms with Gasteiger partial charge < -0.3 is 5.32 Å². The average Bonchev–Trinajstić information content (AvgIpc) is 2.74. The average molecular weight is 368 g/mol. The molecule has 0 unspecified atom stereocenters. The molecule has 6 heteroatoms. The van der Waals surface area contributed by atoms with Gasteiger partial charge in [0.25, 0.3) is 0 Å². The molecule has 24 heavy (non-hydrogen) atoms. The molecule has 2 aromatic rings. The van der Waals surface area contributed by atoms with Crippen LogP contribution in [-0.2, 0) is 17.8 Å². The number of benzene rings is 1. The third-order valence-corrected chi connectivity index (χ3v) is 4.42. The lowest BCUT2D eigenvalue weighted by Crippen LogP contribution is -2.13. The molecule has 0 spiro atoms. The van der Waals surface area contributed by atoms with Crippen molar-refractivity contribution in [2.45, 2.75) is 47.1 Å². The Labute approximate surface area is 153 Å². The number of hydrogen-bond donors (Lipinski definition) is 1. The van der Waals surface area contributed by atoms with E-state index in [0.717, 1.165) is 23.5 Å². The molecule has 0 saturated heterocycles. The lowest BCUT2D eigenvalue weighted by Gasteiger charge is -2.09. The van der Waals surface area contributed by atoms with Crippen molar-refractivity contribution >= 4 is 34.8 Å². The summed E-state index contributed by atoms with van der Waals surface area (Å²) in [4.78, 5) is 12.2. The predicted molar refractivity (Wildman–Crippen MR) is 100.0 cm³/mol. The van der Waals surface area contributed by atoms with Crippen LogP contribution in [0.3, 0.4) is 0 Å². The molecule has 1 N–H and O–H groups in total. The number of nitrogens with zero attached hydrogens (tertiary/aromatic N) is 2. The fraction of sp³-hybridized carbons (Fsp3) is 0.444. The molecule has 0 aliphatic heterocycles. The number of anilines is 1. The normalized spacial score (nSPS) is 11.1. The molecule has 0 radical (unpaired) electrons. The van der Waals surface area contributed by atoms with Gasteiger partial charge in [0.2, 0.25) is 5.91 Å². The highest BCUT2D eigenvalue weighted by Crippen LogP contribution is 2.25. The van der Waals surface area contributed by atoms with E-state index in [2.05, 4.69) is 31.2 Å². The molecule has 0 saturated carbocycles. The Balaban J connectivity index is 2.00. The molecule has 0 bridgehead atoms. The highest BCUT2D eigenvalue weighted by Gasteiger charge is 2.14. The van der Waals surface area contributed by atoms with Gasteiger partial charge in [-0.25, -0.2) is 0 Å². The summed E-state index contributed by atoms with van der Waals surface area (Å²) >= 11 is 11.9. The second kappa shape index (κ2) is 8.04. The van der Waals surface area contributed by atoms with Crippen molar-refractivity contribution in [1.82, 2.24) is 9.78 Å². The van der Waals surface area contributed by atoms with Crippen molar-refractivity contribution in [1.29, 1.82) is 0 Å². The zero-order valence-electron chi connectivity index (χ0n) is 14.5. The van der Waals surface area contributed by atoms with Crippen LogP contribution in [0.5, 0.6) is 0 Å². The van der Waals surface area contributed by atoms with Crippen LogP contribution in [0.25, 0.3) is 0 Å². The zero-order valence-corrected chi connectivity index (χ0v) is 16.0. The second-order valence-electron chi connectivity index (χ2n) is 6.40. The van der Waals surface area contributed by atoms with Gasteiger partial charge in [0.15, 0.2) is 0 Å². The van der Waals surface area contributed by atoms with Gasteiger partial charge in [-0.15, -0.1) is 0 Å². The van der Waals surface area contributed by atoms with E-state index in [-0.39, 0.29) is 5.91 Å². The van der Waals surface area contributed by atoms with Gasteiger partial charge in [-0.05, 0) is 49.9 Å². The number of aromatic nitrogens is 2. The maximum absolute atomic E-state index is 12.2. The number of halogens is 2. The SMILES string of the molecule is Cc1nn(CC(C)C)c(C)c1CCC(=O)Nc1ccc(Cl)cc1Cl. The molecule has 0 aliphatic rings. The van der Waals surface area contributed by atoms with E-state index in [9.17, 15) is 4.79 Å². The Morgan fingerprint density at radius 1 is 1.29 bits per heavy atom. The molecule has 0 atom stereocenters. The third kappa shape index (κ3) is 4.74. The first-order chi connectivity index (χ1) is 11.3. The maximum atomic E-state index is 12.2. The first-order valence-corrected chi connectivity index (χ1v) is 8.81. The fourth-order valence-electron chi connectivity index (χ4n) is 2.66. The zero-order chi connectivity index (χ0) is 17.9. The van der Waals surface area contributed by atoms with Crippen LogP contribution in [0.2, 0.25) is 10.0 Å². The Morgan fingerprint density at radius 3 is 2.62 bits per heavy atom. The smallest absolute Gasteiger partial charge is 0.224 e. The van der Waals surface area contributed by atoms with Crippen molar-refractivity contribution in [3.8, 4) is 0 Å². The van der Waals surface area contributed by atoms with E-state index in [1.54, 1.807) is 18.2 Å². The largest absolute Gasteiger partial charge is 0.325 e. The number of nitrogens with one attached hydrogen (secondary N) is 1. The summed E-state index contributed by atoms with van der Waals surface area (Å²) in [5.74, 6) is 0.459. The van der Waals surface area contributed by atoms with Crippen molar-refractivity contribution in [3.05, 3.63) is 45.2 Å². The minimum Gasteiger partial charge on any atom is -0.325 e. The number of carbonyl (C=O) groups excluding carboxylic acids is 1. The van der Waals surface area contributed by atoms with Gasteiger partial charge in [-0.1, -0.05) is 37.0 Å². The van der Waals surface area contributed by atoms with Gasteiger partial charge in [0.05, 0.1) is 16.4 Å². The van der Waals surface area contributed by atoms with E-state index in [0.29, 0.717) is 34.5 Å². The van der Waals surface area contributed by atoms with Crippen LogP contribution in [-0.4, -0.2) is 15.7 Å². The lowest BCUT2D eigenvalue weighted by atomic mass is 10.1. The van der Waals surface area contributed by atoms with E-state index < -0.39 is 0 Å². The number of hydrogen-bond acceptors (Lipinski definition) is 2. The first-order valence-electron chi connectivity index (χ1n) is 8.05. The molecule has 2 rings (SSSR count). The van der Waals surface area contributed by atoms with Gasteiger partial charge in [0.1, 0.15) is 0 Å². The van der Waals surface area contributed by atoms with E-state index in [4.69, 9.17) is 23.2 Å².